The van der Waals surface area contributed by atoms with Crippen LogP contribution in [0.25, 0.3) is 11.3 Å². The summed E-state index contributed by atoms with van der Waals surface area (Å²) in [6.45, 7) is 3.84. The Labute approximate surface area is 129 Å². The fourth-order valence-corrected chi connectivity index (χ4v) is 2.72. The fourth-order valence-electron chi connectivity index (χ4n) is 1.86. The van der Waals surface area contributed by atoms with Gasteiger partial charge >= 0.3 is 0 Å². The standard InChI is InChI=1S/C13H11BrN4OS/c1-3-20-13-16-12-11(17-18-13)9-6-8(14)4-5-10(9)15-7(2)19-12/h4-6H,3H2,1-2H3. The summed E-state index contributed by atoms with van der Waals surface area (Å²) in [4.78, 5) is 8.84. The lowest BCUT2D eigenvalue weighted by Crippen LogP contribution is -2.06. The molecule has 102 valence electrons. The van der Waals surface area contributed by atoms with Gasteiger partial charge in [0, 0.05) is 17.0 Å². The van der Waals surface area contributed by atoms with Gasteiger partial charge in [-0.3, -0.25) is 0 Å². The van der Waals surface area contributed by atoms with Crippen molar-refractivity contribution < 1.29 is 4.74 Å². The van der Waals surface area contributed by atoms with E-state index in [0.717, 1.165) is 21.5 Å². The van der Waals surface area contributed by atoms with E-state index >= 15 is 0 Å². The molecule has 1 aromatic heterocycles. The zero-order valence-electron chi connectivity index (χ0n) is 10.9. The summed E-state index contributed by atoms with van der Waals surface area (Å²) in [5, 5.41) is 9.00. The van der Waals surface area contributed by atoms with Gasteiger partial charge in [0.15, 0.2) is 11.6 Å². The number of hydrogen-bond donors (Lipinski definition) is 0. The van der Waals surface area contributed by atoms with E-state index in [0.29, 0.717) is 22.6 Å². The van der Waals surface area contributed by atoms with Crippen LogP contribution in [0, 0.1) is 0 Å². The lowest BCUT2D eigenvalue weighted by atomic mass is 10.1. The second-order valence-electron chi connectivity index (χ2n) is 4.08. The smallest absolute Gasteiger partial charge is 0.251 e. The molecule has 5 nitrogen and oxygen atoms in total. The van der Waals surface area contributed by atoms with Gasteiger partial charge in [-0.25, -0.2) is 4.99 Å². The number of thioether (sulfide) groups is 1. The van der Waals surface area contributed by atoms with Gasteiger partial charge in [-0.1, -0.05) is 34.6 Å². The minimum atomic E-state index is 0.453. The molecule has 0 bridgehead atoms. The Morgan fingerprint density at radius 3 is 2.95 bits per heavy atom. The van der Waals surface area contributed by atoms with E-state index in [2.05, 4.69) is 36.1 Å². The van der Waals surface area contributed by atoms with Crippen molar-refractivity contribution in [2.45, 2.75) is 19.0 Å². The van der Waals surface area contributed by atoms with E-state index in [1.54, 1.807) is 6.92 Å². The highest BCUT2D eigenvalue weighted by atomic mass is 79.9. The first-order valence-corrected chi connectivity index (χ1v) is 7.86. The molecule has 0 unspecified atom stereocenters. The average molecular weight is 351 g/mol. The highest BCUT2D eigenvalue weighted by molar-refractivity contribution is 9.10. The first-order chi connectivity index (χ1) is 9.67. The number of rotatable bonds is 2. The van der Waals surface area contributed by atoms with E-state index in [-0.39, 0.29) is 0 Å². The second-order valence-corrected chi connectivity index (χ2v) is 6.22. The van der Waals surface area contributed by atoms with E-state index in [1.807, 2.05) is 25.1 Å². The van der Waals surface area contributed by atoms with Crippen LogP contribution in [-0.2, 0) is 0 Å². The number of aromatic nitrogens is 3. The molecule has 2 aromatic rings. The van der Waals surface area contributed by atoms with Crippen LogP contribution in [0.1, 0.15) is 13.8 Å². The van der Waals surface area contributed by atoms with E-state index in [9.17, 15) is 0 Å². The summed E-state index contributed by atoms with van der Waals surface area (Å²) in [6.07, 6.45) is 0. The molecular formula is C13H11BrN4OS. The predicted octanol–water partition coefficient (Wildman–Crippen LogP) is 3.86. The number of halogens is 1. The van der Waals surface area contributed by atoms with Crippen molar-refractivity contribution in [3.63, 3.8) is 0 Å². The molecule has 1 aromatic carbocycles. The molecular weight excluding hydrogens is 340 g/mol. The first-order valence-electron chi connectivity index (χ1n) is 6.08. The van der Waals surface area contributed by atoms with Gasteiger partial charge < -0.3 is 4.74 Å². The van der Waals surface area contributed by atoms with Gasteiger partial charge in [0.1, 0.15) is 0 Å². The highest BCUT2D eigenvalue weighted by Crippen LogP contribution is 2.38. The van der Waals surface area contributed by atoms with Crippen molar-refractivity contribution in [1.29, 1.82) is 0 Å². The Kier molecular flexibility index (Phi) is 3.71. The highest BCUT2D eigenvalue weighted by Gasteiger charge is 2.20. The second kappa shape index (κ2) is 5.49. The minimum absolute atomic E-state index is 0.453. The molecule has 0 atom stereocenters. The number of aliphatic imine (C=N–C) groups is 1. The Bertz CT molecular complexity index is 705. The predicted molar refractivity (Wildman–Crippen MR) is 82.8 cm³/mol. The van der Waals surface area contributed by atoms with Crippen LogP contribution in [-0.4, -0.2) is 26.8 Å². The van der Waals surface area contributed by atoms with Crippen molar-refractivity contribution in [2.24, 2.45) is 4.99 Å². The molecule has 0 radical (unpaired) electrons. The Morgan fingerprint density at radius 2 is 2.15 bits per heavy atom. The Hall–Kier alpha value is -1.47. The third kappa shape index (κ3) is 2.55. The minimum Gasteiger partial charge on any atom is -0.422 e. The SMILES string of the molecule is CCSc1nnc2c(n1)OC(C)=Nc1ccc(Br)cc1-2. The third-order valence-corrected chi connectivity index (χ3v) is 3.86. The number of benzene rings is 1. The normalized spacial score (nSPS) is 12.8. The molecule has 20 heavy (non-hydrogen) atoms. The third-order valence-electron chi connectivity index (χ3n) is 2.64. The van der Waals surface area contributed by atoms with Crippen LogP contribution in [0.3, 0.4) is 0 Å². The summed E-state index contributed by atoms with van der Waals surface area (Å²) >= 11 is 4.99. The van der Waals surface area contributed by atoms with E-state index in [1.165, 1.54) is 11.8 Å². The molecule has 0 N–H and O–H groups in total. The number of hydrogen-bond acceptors (Lipinski definition) is 6. The van der Waals surface area contributed by atoms with Crippen molar-refractivity contribution >= 4 is 39.3 Å². The summed E-state index contributed by atoms with van der Waals surface area (Å²) in [7, 11) is 0. The molecule has 0 aliphatic carbocycles. The molecule has 7 heteroatoms. The van der Waals surface area contributed by atoms with Gasteiger partial charge in [-0.15, -0.1) is 10.2 Å². The largest absolute Gasteiger partial charge is 0.422 e. The average Bonchev–Trinajstić information content (AvgIpc) is 2.54. The molecule has 3 rings (SSSR count). The number of nitrogens with zero attached hydrogens (tertiary/aromatic N) is 4. The zero-order valence-corrected chi connectivity index (χ0v) is 13.3. The van der Waals surface area contributed by atoms with Crippen molar-refractivity contribution in [1.82, 2.24) is 15.2 Å². The molecule has 0 spiro atoms. The quantitative estimate of drug-likeness (QED) is 0.769. The van der Waals surface area contributed by atoms with Gasteiger partial charge in [0.05, 0.1) is 5.69 Å². The first kappa shape index (κ1) is 13.5. The molecule has 0 saturated carbocycles. The van der Waals surface area contributed by atoms with Crippen LogP contribution >= 0.6 is 27.7 Å². The van der Waals surface area contributed by atoms with Crippen LogP contribution in [0.15, 0.2) is 32.8 Å². The van der Waals surface area contributed by atoms with Gasteiger partial charge in [-0.2, -0.15) is 4.98 Å². The van der Waals surface area contributed by atoms with Crippen molar-refractivity contribution in [3.05, 3.63) is 22.7 Å². The van der Waals surface area contributed by atoms with Crippen molar-refractivity contribution in [2.75, 3.05) is 5.75 Å². The topological polar surface area (TPSA) is 60.3 Å². The number of ether oxygens (including phenoxy) is 1. The van der Waals surface area contributed by atoms with Gasteiger partial charge in [-0.05, 0) is 24.0 Å². The summed E-state index contributed by atoms with van der Waals surface area (Å²) < 4.78 is 6.62. The van der Waals surface area contributed by atoms with E-state index in [4.69, 9.17) is 4.74 Å². The van der Waals surface area contributed by atoms with Gasteiger partial charge in [0.2, 0.25) is 5.16 Å². The molecule has 1 aliphatic heterocycles. The molecule has 1 aliphatic rings. The zero-order chi connectivity index (χ0) is 14.1. The maximum absolute atomic E-state index is 5.67. The van der Waals surface area contributed by atoms with Crippen molar-refractivity contribution in [3.8, 4) is 17.1 Å². The molecule has 2 heterocycles. The Balaban J connectivity index is 2.20. The van der Waals surface area contributed by atoms with Crippen LogP contribution in [0.4, 0.5) is 5.69 Å². The lowest BCUT2D eigenvalue weighted by molar-refractivity contribution is 0.511. The summed E-state index contributed by atoms with van der Waals surface area (Å²) in [5.41, 5.74) is 2.28. The van der Waals surface area contributed by atoms with Crippen LogP contribution < -0.4 is 4.74 Å². The molecule has 0 saturated heterocycles. The maximum Gasteiger partial charge on any atom is 0.251 e. The summed E-state index contributed by atoms with van der Waals surface area (Å²) in [6, 6.07) is 5.79. The fraction of sp³-hybridized carbons (Fsp3) is 0.231. The van der Waals surface area contributed by atoms with E-state index < -0.39 is 0 Å². The van der Waals surface area contributed by atoms with Crippen LogP contribution in [0.5, 0.6) is 5.88 Å². The molecule has 0 amide bonds. The Morgan fingerprint density at radius 1 is 1.30 bits per heavy atom. The van der Waals surface area contributed by atoms with Gasteiger partial charge in [0.25, 0.3) is 5.88 Å². The maximum atomic E-state index is 5.67. The lowest BCUT2D eigenvalue weighted by Gasteiger charge is -2.06. The summed E-state index contributed by atoms with van der Waals surface area (Å²) in [5.74, 6) is 1.88. The molecule has 0 fully saturated rings. The number of fused-ring (bicyclic) bond motifs is 3. The van der Waals surface area contributed by atoms with Crippen LogP contribution in [0.2, 0.25) is 0 Å². The monoisotopic (exact) mass is 350 g/mol.